The van der Waals surface area contributed by atoms with Crippen LogP contribution in [-0.2, 0) is 6.18 Å². The van der Waals surface area contributed by atoms with Crippen molar-refractivity contribution in [2.45, 2.75) is 26.6 Å². The van der Waals surface area contributed by atoms with Crippen molar-refractivity contribution in [3.05, 3.63) is 130 Å². The number of nitrogen functional groups attached to an aromatic ring is 2. The Bertz CT molecular complexity index is 2940. The number of rotatable bonds is 9. The van der Waals surface area contributed by atoms with E-state index in [2.05, 4.69) is 45.3 Å². The highest BCUT2D eigenvalue weighted by Gasteiger charge is 2.30. The van der Waals surface area contributed by atoms with Crippen molar-refractivity contribution in [3.8, 4) is 17.6 Å². The van der Waals surface area contributed by atoms with Gasteiger partial charge >= 0.3 is 12.8 Å². The third kappa shape index (κ3) is 8.84. The maximum atomic E-state index is 14.6. The van der Waals surface area contributed by atoms with Gasteiger partial charge in [-0.05, 0) is 68.4 Å². The molecule has 4 aromatic carbocycles. The maximum Gasteiger partial charge on any atom is 0.416 e. The number of non-ortho nitro benzene ring substituents is 1. The molecule has 16 nitrogen and oxygen atoms in total. The number of nitrogens with zero attached hydrogens (tertiary/aromatic N) is 9. The van der Waals surface area contributed by atoms with Gasteiger partial charge < -0.3 is 26.8 Å². The van der Waals surface area contributed by atoms with Crippen molar-refractivity contribution in [2.24, 2.45) is 0 Å². The molecule has 0 bridgehead atoms. The monoisotopic (exact) mass is 847 g/mol. The Hall–Kier alpha value is -8.11. The third-order valence-electron chi connectivity index (χ3n) is 8.64. The molecule has 0 radical (unpaired) electrons. The predicted molar refractivity (Wildman–Crippen MR) is 209 cm³/mol. The number of hydrogen-bond acceptors (Lipinski definition) is 13. The van der Waals surface area contributed by atoms with Gasteiger partial charge in [0.1, 0.15) is 23.3 Å². The molecule has 0 aliphatic heterocycles. The van der Waals surface area contributed by atoms with Crippen LogP contribution in [0.4, 0.5) is 71.1 Å². The summed E-state index contributed by atoms with van der Waals surface area (Å²) < 4.78 is 98.5. The first-order chi connectivity index (χ1) is 28.9. The highest BCUT2D eigenvalue weighted by molar-refractivity contribution is 5.81. The molecule has 0 spiro atoms. The molecule has 61 heavy (non-hydrogen) atoms. The lowest BCUT2D eigenvalue weighted by Crippen LogP contribution is -2.11. The van der Waals surface area contributed by atoms with Crippen molar-refractivity contribution in [2.75, 3.05) is 22.1 Å². The molecule has 312 valence electrons. The van der Waals surface area contributed by atoms with E-state index in [0.29, 0.717) is 28.5 Å². The van der Waals surface area contributed by atoms with Gasteiger partial charge in [-0.15, -0.1) is 0 Å². The predicted octanol–water partition coefficient (Wildman–Crippen LogP) is 8.71. The standard InChI is InChI=1S/C19H13F4N7O2.C19H15F3N6O/c1-9-25-13-7-6-12(30(31)32)8-14(13)29(9)18-27-16(24)15(20)17(28-18)26-11-4-2-10(3-5-11)19(21,22)23;1-10-24-13-4-2-3-5-14(13)28(10)19-26-16(23)9-17(27-19)25-11-6-7-15(12(20)8-11)29-18(21)22/h2-8H,1H3,(H3,24,26,27,28);2-9,18H,1H3,(H3,23,25,26,27). The molecule has 0 saturated carbocycles. The number of aryl methyl sites for hydroxylation is 2. The molecular formula is C38H28F7N13O3. The quantitative estimate of drug-likeness (QED) is 0.0608. The van der Waals surface area contributed by atoms with Crippen LogP contribution in [0.3, 0.4) is 0 Å². The summed E-state index contributed by atoms with van der Waals surface area (Å²) in [5, 5.41) is 16.6. The number of para-hydroxylation sites is 2. The summed E-state index contributed by atoms with van der Waals surface area (Å²) in [5.41, 5.74) is 13.2. The normalized spacial score (nSPS) is 11.4. The van der Waals surface area contributed by atoms with Gasteiger partial charge in [0.15, 0.2) is 23.2 Å². The van der Waals surface area contributed by atoms with Crippen LogP contribution in [0.15, 0.2) is 91.0 Å². The number of ether oxygens (including phenoxy) is 1. The number of anilines is 6. The van der Waals surface area contributed by atoms with E-state index >= 15 is 0 Å². The summed E-state index contributed by atoms with van der Waals surface area (Å²) in [4.78, 5) is 36.0. The van der Waals surface area contributed by atoms with Crippen molar-refractivity contribution in [1.82, 2.24) is 39.0 Å². The fourth-order valence-electron chi connectivity index (χ4n) is 6.00. The van der Waals surface area contributed by atoms with E-state index in [4.69, 9.17) is 11.5 Å². The number of fused-ring (bicyclic) bond motifs is 2. The lowest BCUT2D eigenvalue weighted by Gasteiger charge is -2.12. The van der Waals surface area contributed by atoms with Crippen LogP contribution in [0.2, 0.25) is 0 Å². The van der Waals surface area contributed by atoms with Gasteiger partial charge in [0.05, 0.1) is 32.6 Å². The van der Waals surface area contributed by atoms with Gasteiger partial charge in [-0.1, -0.05) is 12.1 Å². The number of halogens is 7. The Morgan fingerprint density at radius 3 is 2.03 bits per heavy atom. The zero-order valence-corrected chi connectivity index (χ0v) is 31.3. The highest BCUT2D eigenvalue weighted by atomic mass is 19.4. The molecule has 0 unspecified atom stereocenters. The number of benzene rings is 4. The van der Waals surface area contributed by atoms with Gasteiger partial charge in [-0.3, -0.25) is 19.2 Å². The summed E-state index contributed by atoms with van der Waals surface area (Å²) in [5.74, 6) is -1.75. The number of nitro benzene ring substituents is 1. The van der Waals surface area contributed by atoms with Gasteiger partial charge in [-0.2, -0.15) is 46.3 Å². The molecule has 0 atom stereocenters. The highest BCUT2D eigenvalue weighted by Crippen LogP contribution is 2.32. The Labute approximate surface area is 337 Å². The van der Waals surface area contributed by atoms with Crippen molar-refractivity contribution >= 4 is 62.4 Å². The molecule has 4 aromatic heterocycles. The minimum Gasteiger partial charge on any atom is -0.432 e. The van der Waals surface area contributed by atoms with Crippen molar-refractivity contribution in [1.29, 1.82) is 0 Å². The largest absolute Gasteiger partial charge is 0.432 e. The first-order valence-electron chi connectivity index (χ1n) is 17.5. The van der Waals surface area contributed by atoms with E-state index in [-0.39, 0.29) is 40.6 Å². The maximum absolute atomic E-state index is 14.6. The van der Waals surface area contributed by atoms with Gasteiger partial charge in [0.25, 0.3) is 5.69 Å². The van der Waals surface area contributed by atoms with Gasteiger partial charge in [0.2, 0.25) is 17.7 Å². The number of nitro groups is 1. The van der Waals surface area contributed by atoms with Crippen LogP contribution in [-0.4, -0.2) is 50.6 Å². The lowest BCUT2D eigenvalue weighted by atomic mass is 10.2. The van der Waals surface area contributed by atoms with Gasteiger partial charge in [0, 0.05) is 35.6 Å². The number of nitrogens with one attached hydrogen (secondary N) is 2. The average molecular weight is 848 g/mol. The molecule has 6 N–H and O–H groups in total. The second kappa shape index (κ2) is 16.3. The van der Waals surface area contributed by atoms with E-state index in [1.54, 1.807) is 11.5 Å². The molecule has 8 rings (SSSR count). The number of nitrogens with two attached hydrogens (primary N) is 2. The Kier molecular flexibility index (Phi) is 11.0. The number of aromatic nitrogens is 8. The number of hydrogen-bond donors (Lipinski definition) is 4. The zero-order valence-electron chi connectivity index (χ0n) is 31.3. The van der Waals surface area contributed by atoms with Crippen LogP contribution in [0.5, 0.6) is 5.75 Å². The SMILES string of the molecule is Cc1nc2ccc([N+](=O)[O-])cc2n1-c1nc(N)c(F)c(Nc2ccc(C(F)(F)F)cc2)n1.Cc1nc2ccccc2n1-c1nc(N)cc(Nc2ccc(OC(F)F)c(F)c2)n1. The molecule has 0 saturated heterocycles. The summed E-state index contributed by atoms with van der Waals surface area (Å²) in [6, 6.07) is 20.4. The minimum absolute atomic E-state index is 0.126. The Balaban J connectivity index is 0.000000185. The average Bonchev–Trinajstić information content (AvgIpc) is 3.71. The zero-order chi connectivity index (χ0) is 43.7. The lowest BCUT2D eigenvalue weighted by molar-refractivity contribution is -0.384. The summed E-state index contributed by atoms with van der Waals surface area (Å²) >= 11 is 0. The Morgan fingerprint density at radius 1 is 0.738 bits per heavy atom. The third-order valence-corrected chi connectivity index (χ3v) is 8.64. The number of alkyl halides is 5. The molecule has 8 aromatic rings. The molecule has 4 heterocycles. The topological polar surface area (TPSA) is 216 Å². The fraction of sp³-hybridized carbons (Fsp3) is 0.105. The van der Waals surface area contributed by atoms with Crippen molar-refractivity contribution in [3.63, 3.8) is 0 Å². The van der Waals surface area contributed by atoms with Crippen LogP contribution >= 0.6 is 0 Å². The van der Waals surface area contributed by atoms with Crippen LogP contribution < -0.4 is 26.8 Å². The summed E-state index contributed by atoms with van der Waals surface area (Å²) in [6.07, 6.45) is -4.51. The summed E-state index contributed by atoms with van der Waals surface area (Å²) in [7, 11) is 0. The Morgan fingerprint density at radius 2 is 1.38 bits per heavy atom. The van der Waals surface area contributed by atoms with E-state index in [9.17, 15) is 40.8 Å². The van der Waals surface area contributed by atoms with E-state index in [1.807, 2.05) is 31.2 Å². The second-order valence-electron chi connectivity index (χ2n) is 12.8. The van der Waals surface area contributed by atoms with Crippen LogP contribution in [0, 0.1) is 35.6 Å². The molecule has 23 heteroatoms. The van der Waals surface area contributed by atoms with E-state index < -0.39 is 46.5 Å². The van der Waals surface area contributed by atoms with Crippen molar-refractivity contribution < 1.29 is 40.4 Å². The van der Waals surface area contributed by atoms with Crippen LogP contribution in [0.25, 0.3) is 34.0 Å². The second-order valence-corrected chi connectivity index (χ2v) is 12.8. The number of imidazole rings is 2. The van der Waals surface area contributed by atoms with Crippen LogP contribution in [0.1, 0.15) is 17.2 Å². The molecular weight excluding hydrogens is 819 g/mol. The smallest absolute Gasteiger partial charge is 0.416 e. The van der Waals surface area contributed by atoms with Gasteiger partial charge in [-0.25, -0.2) is 14.4 Å². The fourth-order valence-corrected chi connectivity index (χ4v) is 6.00. The first-order valence-corrected chi connectivity index (χ1v) is 17.5. The molecule has 0 aliphatic rings. The van der Waals surface area contributed by atoms with E-state index in [0.717, 1.165) is 47.4 Å². The molecule has 0 amide bonds. The summed E-state index contributed by atoms with van der Waals surface area (Å²) in [6.45, 7) is 0.301. The minimum atomic E-state index is -4.51. The molecule has 0 fully saturated rings. The van der Waals surface area contributed by atoms with E-state index in [1.165, 1.54) is 34.9 Å². The molecule has 0 aliphatic carbocycles. The first kappa shape index (κ1) is 41.1.